The molecule has 0 aliphatic carbocycles. The molecule has 0 atom stereocenters. The van der Waals surface area contributed by atoms with Crippen LogP contribution in [0.4, 0.5) is 10.9 Å². The van der Waals surface area contributed by atoms with E-state index in [0.717, 1.165) is 25.2 Å². The van der Waals surface area contributed by atoms with Gasteiger partial charge in [-0.2, -0.15) is 5.10 Å². The Morgan fingerprint density at radius 2 is 2.09 bits per heavy atom. The number of benzene rings is 1. The van der Waals surface area contributed by atoms with Crippen molar-refractivity contribution in [1.82, 2.24) is 9.88 Å². The summed E-state index contributed by atoms with van der Waals surface area (Å²) in [4.78, 5) is 6.56. The lowest BCUT2D eigenvalue weighted by Gasteiger charge is -2.20. The van der Waals surface area contributed by atoms with Crippen LogP contribution in [0.1, 0.15) is 37.8 Å². The lowest BCUT2D eigenvalue weighted by Crippen LogP contribution is -2.23. The van der Waals surface area contributed by atoms with Crippen LogP contribution < -0.4 is 11.2 Å². The van der Waals surface area contributed by atoms with Gasteiger partial charge in [-0.3, -0.25) is 10.3 Å². The first-order valence-corrected chi connectivity index (χ1v) is 8.90. The first-order chi connectivity index (χ1) is 11.2. The van der Waals surface area contributed by atoms with Gasteiger partial charge < -0.3 is 5.73 Å². The zero-order chi connectivity index (χ0) is 16.5. The summed E-state index contributed by atoms with van der Waals surface area (Å²) in [7, 11) is 0. The van der Waals surface area contributed by atoms with Crippen molar-refractivity contribution in [2.75, 3.05) is 24.2 Å². The van der Waals surface area contributed by atoms with E-state index in [9.17, 15) is 0 Å². The van der Waals surface area contributed by atoms with Gasteiger partial charge in [-0.15, -0.1) is 11.3 Å². The number of aromatic nitrogens is 1. The van der Waals surface area contributed by atoms with Gasteiger partial charge >= 0.3 is 0 Å². The summed E-state index contributed by atoms with van der Waals surface area (Å²) < 4.78 is 0. The second-order valence-corrected chi connectivity index (χ2v) is 6.27. The minimum Gasteiger partial charge on any atom is -0.383 e. The van der Waals surface area contributed by atoms with Gasteiger partial charge in [0.25, 0.3) is 0 Å². The third kappa shape index (κ3) is 6.00. The molecule has 0 spiro atoms. The summed E-state index contributed by atoms with van der Waals surface area (Å²) >= 11 is 1.44. The third-order valence-corrected chi connectivity index (χ3v) is 4.32. The van der Waals surface area contributed by atoms with Crippen molar-refractivity contribution >= 4 is 28.5 Å². The van der Waals surface area contributed by atoms with Crippen LogP contribution in [0.15, 0.2) is 34.7 Å². The number of anilines is 2. The normalized spacial score (nSPS) is 11.4. The fourth-order valence-electron chi connectivity index (χ4n) is 2.20. The highest BCUT2D eigenvalue weighted by molar-refractivity contribution is 7.14. The Bertz CT molecular complexity index is 606. The van der Waals surface area contributed by atoms with E-state index in [2.05, 4.69) is 58.5 Å². The van der Waals surface area contributed by atoms with Crippen molar-refractivity contribution in [1.29, 1.82) is 0 Å². The average Bonchev–Trinajstić information content (AvgIpc) is 2.98. The Hall–Kier alpha value is -1.92. The lowest BCUT2D eigenvalue weighted by atomic mass is 10.1. The zero-order valence-electron chi connectivity index (χ0n) is 13.8. The molecule has 0 unspecified atom stereocenters. The second-order valence-electron chi connectivity index (χ2n) is 5.41. The monoisotopic (exact) mass is 331 g/mol. The fraction of sp³-hybridized carbons (Fsp3) is 0.412. The van der Waals surface area contributed by atoms with Crippen molar-refractivity contribution in [3.63, 3.8) is 0 Å². The molecule has 3 N–H and O–H groups in total. The van der Waals surface area contributed by atoms with E-state index in [1.165, 1.54) is 29.7 Å². The summed E-state index contributed by atoms with van der Waals surface area (Å²) in [5, 5.41) is 6.66. The molecule has 124 valence electrons. The molecule has 1 aromatic carbocycles. The molecule has 1 heterocycles. The Morgan fingerprint density at radius 3 is 2.70 bits per heavy atom. The molecule has 0 amide bonds. The Balaban J connectivity index is 1.86. The van der Waals surface area contributed by atoms with Gasteiger partial charge in [-0.25, -0.2) is 4.98 Å². The molecule has 0 saturated heterocycles. The third-order valence-electron chi connectivity index (χ3n) is 3.56. The number of nitrogens with zero attached hydrogens (tertiary/aromatic N) is 3. The zero-order valence-corrected chi connectivity index (χ0v) is 14.6. The molecule has 5 nitrogen and oxygen atoms in total. The summed E-state index contributed by atoms with van der Waals surface area (Å²) in [5.41, 5.74) is 10.8. The minimum atomic E-state index is 0.514. The molecule has 0 saturated carbocycles. The van der Waals surface area contributed by atoms with Crippen molar-refractivity contribution < 1.29 is 0 Å². The standard InChI is InChI=1S/C17H25N5S/c1-3-5-10-22(4-2)12-15-8-6-14(7-9-15)11-19-21-17-20-16(18)13-23-17/h6-9,11,13H,3-5,10,12,18H2,1-2H3,(H,20,21). The van der Waals surface area contributed by atoms with Crippen molar-refractivity contribution in [3.05, 3.63) is 40.8 Å². The SMILES string of the molecule is CCCCN(CC)Cc1ccc(C=NNc2nc(N)cs2)cc1. The quantitative estimate of drug-likeness (QED) is 0.542. The molecule has 0 aliphatic heterocycles. The minimum absolute atomic E-state index is 0.514. The number of nitrogens with two attached hydrogens (primary N) is 1. The average molecular weight is 331 g/mol. The molecule has 0 bridgehead atoms. The van der Waals surface area contributed by atoms with Crippen molar-refractivity contribution in [2.24, 2.45) is 5.10 Å². The molecule has 23 heavy (non-hydrogen) atoms. The van der Waals surface area contributed by atoms with Gasteiger partial charge in [-0.05, 0) is 30.6 Å². The van der Waals surface area contributed by atoms with Crippen LogP contribution in [0.3, 0.4) is 0 Å². The second kappa shape index (κ2) is 9.27. The van der Waals surface area contributed by atoms with Crippen LogP contribution in [-0.2, 0) is 6.54 Å². The van der Waals surface area contributed by atoms with Gasteiger partial charge in [0.15, 0.2) is 0 Å². The van der Waals surface area contributed by atoms with Crippen LogP contribution in [0.25, 0.3) is 0 Å². The summed E-state index contributed by atoms with van der Waals surface area (Å²) in [6.07, 6.45) is 4.28. The number of nitrogen functional groups attached to an aromatic ring is 1. The van der Waals surface area contributed by atoms with Gasteiger partial charge in [0.1, 0.15) is 5.82 Å². The molecular weight excluding hydrogens is 306 g/mol. The highest BCUT2D eigenvalue weighted by atomic mass is 32.1. The Labute approximate surface area is 142 Å². The van der Waals surface area contributed by atoms with E-state index < -0.39 is 0 Å². The van der Waals surface area contributed by atoms with Crippen LogP contribution in [-0.4, -0.2) is 29.2 Å². The number of nitrogens with one attached hydrogen (secondary N) is 1. The van der Waals surface area contributed by atoms with Crippen LogP contribution in [0, 0.1) is 0 Å². The van der Waals surface area contributed by atoms with Gasteiger partial charge in [0, 0.05) is 11.9 Å². The van der Waals surface area contributed by atoms with Crippen molar-refractivity contribution in [2.45, 2.75) is 33.2 Å². The molecule has 0 fully saturated rings. The maximum absolute atomic E-state index is 5.56. The van der Waals surface area contributed by atoms with E-state index in [1.54, 1.807) is 11.6 Å². The van der Waals surface area contributed by atoms with Crippen molar-refractivity contribution in [3.8, 4) is 0 Å². The fourth-order valence-corrected chi connectivity index (χ4v) is 2.75. The predicted octanol–water partition coefficient (Wildman–Crippen LogP) is 3.79. The van der Waals surface area contributed by atoms with E-state index in [0.29, 0.717) is 10.9 Å². The van der Waals surface area contributed by atoms with E-state index >= 15 is 0 Å². The van der Waals surface area contributed by atoms with Crippen LogP contribution >= 0.6 is 11.3 Å². The molecule has 1 aromatic heterocycles. The largest absolute Gasteiger partial charge is 0.383 e. The highest BCUT2D eigenvalue weighted by Crippen LogP contribution is 2.16. The van der Waals surface area contributed by atoms with E-state index in [1.807, 2.05) is 0 Å². The molecular formula is C17H25N5S. The van der Waals surface area contributed by atoms with Gasteiger partial charge in [0.05, 0.1) is 6.21 Å². The maximum Gasteiger partial charge on any atom is 0.205 e. The molecule has 2 aromatic rings. The molecule has 0 aliphatic rings. The smallest absolute Gasteiger partial charge is 0.205 e. The molecule has 2 rings (SSSR count). The lowest BCUT2D eigenvalue weighted by molar-refractivity contribution is 0.275. The van der Waals surface area contributed by atoms with Crippen LogP contribution in [0.2, 0.25) is 0 Å². The number of rotatable bonds is 9. The maximum atomic E-state index is 5.56. The number of unbranched alkanes of at least 4 members (excludes halogenated alkanes) is 1. The first kappa shape index (κ1) is 17.4. The summed E-state index contributed by atoms with van der Waals surface area (Å²) in [6.45, 7) is 7.70. The Kier molecular flexibility index (Phi) is 7.03. The van der Waals surface area contributed by atoms with Gasteiger partial charge in [-0.1, -0.05) is 44.5 Å². The topological polar surface area (TPSA) is 66.5 Å². The van der Waals surface area contributed by atoms with E-state index in [-0.39, 0.29) is 0 Å². The number of hydrazone groups is 1. The molecule has 6 heteroatoms. The number of hydrogen-bond acceptors (Lipinski definition) is 6. The summed E-state index contributed by atoms with van der Waals surface area (Å²) in [5.74, 6) is 0.514. The van der Waals surface area contributed by atoms with E-state index in [4.69, 9.17) is 5.73 Å². The first-order valence-electron chi connectivity index (χ1n) is 8.02. The van der Waals surface area contributed by atoms with Crippen LogP contribution in [0.5, 0.6) is 0 Å². The predicted molar refractivity (Wildman–Crippen MR) is 100 cm³/mol. The summed E-state index contributed by atoms with van der Waals surface area (Å²) in [6, 6.07) is 8.50. The Morgan fingerprint density at radius 1 is 1.30 bits per heavy atom. The molecule has 0 radical (unpaired) electrons. The number of thiazole rings is 1. The highest BCUT2D eigenvalue weighted by Gasteiger charge is 2.03. The number of hydrogen-bond donors (Lipinski definition) is 2. The van der Waals surface area contributed by atoms with Gasteiger partial charge in [0.2, 0.25) is 5.13 Å².